The number of nitrogens with one attached hydrogen (secondary N) is 1. The number of thioether (sulfide) groups is 1. The Bertz CT molecular complexity index is 363. The summed E-state index contributed by atoms with van der Waals surface area (Å²) in [4.78, 5) is 1.39. The van der Waals surface area contributed by atoms with Crippen molar-refractivity contribution in [2.45, 2.75) is 64.3 Å². The molecule has 0 spiro atoms. The summed E-state index contributed by atoms with van der Waals surface area (Å²) in [7, 11) is 0. The number of hydrogen-bond donors (Lipinski definition) is 1. The van der Waals surface area contributed by atoms with Gasteiger partial charge in [0, 0.05) is 17.0 Å². The lowest BCUT2D eigenvalue weighted by Crippen LogP contribution is -2.43. The maximum absolute atomic E-state index is 3.70. The zero-order valence-corrected chi connectivity index (χ0v) is 14.6. The van der Waals surface area contributed by atoms with E-state index in [1.807, 2.05) is 11.8 Å². The van der Waals surface area contributed by atoms with Gasteiger partial charge in [-0.2, -0.15) is 0 Å². The molecule has 0 unspecified atom stereocenters. The van der Waals surface area contributed by atoms with Gasteiger partial charge in [-0.15, -0.1) is 11.8 Å². The second kappa shape index (κ2) is 8.09. The van der Waals surface area contributed by atoms with Gasteiger partial charge in [-0.3, -0.25) is 0 Å². The van der Waals surface area contributed by atoms with Crippen LogP contribution in [0.2, 0.25) is 0 Å². The van der Waals surface area contributed by atoms with Gasteiger partial charge in [0.1, 0.15) is 0 Å². The third-order valence-corrected chi connectivity index (χ3v) is 5.15. The molecule has 2 heteroatoms. The molecule has 0 aliphatic carbocycles. The Hall–Kier alpha value is -0.470. The van der Waals surface area contributed by atoms with Crippen molar-refractivity contribution in [2.75, 3.05) is 12.3 Å². The van der Waals surface area contributed by atoms with Gasteiger partial charge in [-0.25, -0.2) is 0 Å². The maximum atomic E-state index is 3.70. The molecule has 0 amide bonds. The van der Waals surface area contributed by atoms with Crippen LogP contribution < -0.4 is 5.32 Å². The lowest BCUT2D eigenvalue weighted by Gasteiger charge is -2.35. The van der Waals surface area contributed by atoms with Gasteiger partial charge < -0.3 is 5.32 Å². The standard InChI is InChI=1S/C18H31NS/c1-6-18(7-2,15-19-17(3,4)5)13-14-20-16-11-9-8-10-12-16/h8-12,19H,6-7,13-15H2,1-5H3. The van der Waals surface area contributed by atoms with Crippen LogP contribution in [0.3, 0.4) is 0 Å². The molecular weight excluding hydrogens is 262 g/mol. The van der Waals surface area contributed by atoms with Crippen molar-refractivity contribution in [3.63, 3.8) is 0 Å². The Balaban J connectivity index is 2.49. The van der Waals surface area contributed by atoms with E-state index in [4.69, 9.17) is 0 Å². The molecular formula is C18H31NS. The number of hydrogen-bond acceptors (Lipinski definition) is 2. The predicted octanol–water partition coefficient (Wildman–Crippen LogP) is 5.36. The minimum absolute atomic E-state index is 0.210. The van der Waals surface area contributed by atoms with Crippen molar-refractivity contribution in [3.05, 3.63) is 30.3 Å². The molecule has 0 fully saturated rings. The summed E-state index contributed by atoms with van der Waals surface area (Å²) in [6.07, 6.45) is 3.78. The summed E-state index contributed by atoms with van der Waals surface area (Å²) in [6.45, 7) is 12.5. The molecule has 114 valence electrons. The van der Waals surface area contributed by atoms with Crippen LogP contribution >= 0.6 is 11.8 Å². The fraction of sp³-hybridized carbons (Fsp3) is 0.667. The summed E-state index contributed by atoms with van der Waals surface area (Å²) in [5, 5.41) is 3.70. The highest BCUT2D eigenvalue weighted by atomic mass is 32.2. The summed E-state index contributed by atoms with van der Waals surface area (Å²) >= 11 is 1.98. The van der Waals surface area contributed by atoms with Gasteiger partial charge in [0.25, 0.3) is 0 Å². The monoisotopic (exact) mass is 293 g/mol. The molecule has 1 nitrogen and oxygen atoms in total. The van der Waals surface area contributed by atoms with Gasteiger partial charge in [0.2, 0.25) is 0 Å². The van der Waals surface area contributed by atoms with Crippen molar-refractivity contribution in [2.24, 2.45) is 5.41 Å². The van der Waals surface area contributed by atoms with E-state index in [1.54, 1.807) is 0 Å². The molecule has 0 heterocycles. The van der Waals surface area contributed by atoms with E-state index in [2.05, 4.69) is 70.3 Å². The first kappa shape index (κ1) is 17.6. The zero-order chi connectivity index (χ0) is 15.1. The third kappa shape index (κ3) is 6.32. The third-order valence-electron chi connectivity index (χ3n) is 4.14. The lowest BCUT2D eigenvalue weighted by molar-refractivity contribution is 0.215. The van der Waals surface area contributed by atoms with E-state index in [-0.39, 0.29) is 5.54 Å². The first-order chi connectivity index (χ1) is 9.41. The van der Waals surface area contributed by atoms with E-state index in [1.165, 1.54) is 29.9 Å². The fourth-order valence-corrected chi connectivity index (χ4v) is 3.42. The van der Waals surface area contributed by atoms with E-state index >= 15 is 0 Å². The lowest BCUT2D eigenvalue weighted by atomic mass is 9.79. The van der Waals surface area contributed by atoms with Crippen LogP contribution in [0.1, 0.15) is 53.9 Å². The van der Waals surface area contributed by atoms with Crippen molar-refractivity contribution < 1.29 is 0 Å². The SMILES string of the molecule is CCC(CC)(CCSc1ccccc1)CNC(C)(C)C. The fourth-order valence-electron chi connectivity index (χ4n) is 2.30. The normalized spacial score (nSPS) is 12.7. The van der Waals surface area contributed by atoms with Crippen LogP contribution in [-0.4, -0.2) is 17.8 Å². The highest BCUT2D eigenvalue weighted by molar-refractivity contribution is 7.99. The minimum atomic E-state index is 0.210. The quantitative estimate of drug-likeness (QED) is 0.647. The van der Waals surface area contributed by atoms with Crippen LogP contribution in [0.4, 0.5) is 0 Å². The van der Waals surface area contributed by atoms with Crippen molar-refractivity contribution >= 4 is 11.8 Å². The van der Waals surface area contributed by atoms with E-state index in [9.17, 15) is 0 Å². The van der Waals surface area contributed by atoms with E-state index < -0.39 is 0 Å². The molecule has 0 radical (unpaired) electrons. The molecule has 0 aliphatic rings. The highest BCUT2D eigenvalue weighted by Crippen LogP contribution is 2.33. The van der Waals surface area contributed by atoms with Gasteiger partial charge in [-0.1, -0.05) is 32.0 Å². The van der Waals surface area contributed by atoms with Gasteiger partial charge in [0.05, 0.1) is 0 Å². The van der Waals surface area contributed by atoms with E-state index in [0.29, 0.717) is 5.41 Å². The largest absolute Gasteiger partial charge is 0.312 e. The smallest absolute Gasteiger partial charge is 0.00967 e. The summed E-state index contributed by atoms with van der Waals surface area (Å²) < 4.78 is 0. The summed E-state index contributed by atoms with van der Waals surface area (Å²) in [5.41, 5.74) is 0.650. The average molecular weight is 294 g/mol. The molecule has 20 heavy (non-hydrogen) atoms. The van der Waals surface area contributed by atoms with Crippen molar-refractivity contribution in [1.29, 1.82) is 0 Å². The molecule has 1 rings (SSSR count). The molecule has 1 aromatic rings. The minimum Gasteiger partial charge on any atom is -0.312 e. The Morgan fingerprint density at radius 1 is 1.00 bits per heavy atom. The predicted molar refractivity (Wildman–Crippen MR) is 92.6 cm³/mol. The summed E-state index contributed by atoms with van der Waals surface area (Å²) in [5.74, 6) is 1.21. The Morgan fingerprint density at radius 2 is 1.60 bits per heavy atom. The molecule has 0 saturated heterocycles. The topological polar surface area (TPSA) is 12.0 Å². The zero-order valence-electron chi connectivity index (χ0n) is 13.8. The Morgan fingerprint density at radius 3 is 2.10 bits per heavy atom. The first-order valence-corrected chi connectivity index (χ1v) is 8.82. The van der Waals surface area contributed by atoms with Crippen molar-refractivity contribution in [1.82, 2.24) is 5.32 Å². The Labute approximate surface area is 129 Å². The van der Waals surface area contributed by atoms with Gasteiger partial charge in [-0.05, 0) is 63.3 Å². The second-order valence-corrected chi connectivity index (χ2v) is 7.89. The molecule has 1 N–H and O–H groups in total. The average Bonchev–Trinajstić information content (AvgIpc) is 2.43. The highest BCUT2D eigenvalue weighted by Gasteiger charge is 2.27. The van der Waals surface area contributed by atoms with Crippen LogP contribution in [0.5, 0.6) is 0 Å². The summed E-state index contributed by atoms with van der Waals surface area (Å²) in [6, 6.07) is 10.7. The molecule has 0 saturated carbocycles. The molecule has 0 aliphatic heterocycles. The van der Waals surface area contributed by atoms with Crippen LogP contribution in [0, 0.1) is 5.41 Å². The van der Waals surface area contributed by atoms with Crippen molar-refractivity contribution in [3.8, 4) is 0 Å². The van der Waals surface area contributed by atoms with E-state index in [0.717, 1.165) is 6.54 Å². The maximum Gasteiger partial charge on any atom is 0.00967 e. The van der Waals surface area contributed by atoms with Gasteiger partial charge >= 0.3 is 0 Å². The second-order valence-electron chi connectivity index (χ2n) is 6.72. The van der Waals surface area contributed by atoms with Crippen LogP contribution in [0.25, 0.3) is 0 Å². The number of rotatable bonds is 8. The molecule has 1 aromatic carbocycles. The van der Waals surface area contributed by atoms with Gasteiger partial charge in [0.15, 0.2) is 0 Å². The molecule has 0 aromatic heterocycles. The van der Waals surface area contributed by atoms with Crippen LogP contribution in [0.15, 0.2) is 35.2 Å². The molecule has 0 bridgehead atoms. The number of benzene rings is 1. The first-order valence-electron chi connectivity index (χ1n) is 7.84. The Kier molecular flexibility index (Phi) is 7.11. The molecule has 0 atom stereocenters. The van der Waals surface area contributed by atoms with Crippen LogP contribution in [-0.2, 0) is 0 Å².